The van der Waals surface area contributed by atoms with Gasteiger partial charge in [0.2, 0.25) is 5.91 Å². The van der Waals surface area contributed by atoms with Crippen molar-refractivity contribution in [1.82, 2.24) is 35.5 Å². The second-order valence-corrected chi connectivity index (χ2v) is 12.3. The van der Waals surface area contributed by atoms with Crippen LogP contribution >= 0.6 is 0 Å². The van der Waals surface area contributed by atoms with E-state index in [1.54, 1.807) is 7.05 Å². The first-order valence-corrected chi connectivity index (χ1v) is 15.0. The minimum Gasteiger partial charge on any atom is -0.457 e. The van der Waals surface area contributed by atoms with Gasteiger partial charge in [0.25, 0.3) is 0 Å². The van der Waals surface area contributed by atoms with Gasteiger partial charge in [0.1, 0.15) is 46.8 Å². The van der Waals surface area contributed by atoms with E-state index in [1.165, 1.54) is 6.33 Å². The van der Waals surface area contributed by atoms with Crippen molar-refractivity contribution in [2.24, 2.45) is 0 Å². The first-order chi connectivity index (χ1) is 21.2. The van der Waals surface area contributed by atoms with Crippen LogP contribution in [-0.2, 0) is 10.2 Å². The number of fused-ring (bicyclic) bond motifs is 1. The second kappa shape index (κ2) is 12.1. The van der Waals surface area contributed by atoms with Gasteiger partial charge in [-0.2, -0.15) is 5.10 Å². The van der Waals surface area contributed by atoms with Crippen molar-refractivity contribution in [2.75, 3.05) is 12.8 Å². The lowest BCUT2D eigenvalue weighted by Gasteiger charge is -2.30. The fourth-order valence-corrected chi connectivity index (χ4v) is 5.70. The molecule has 0 unspecified atom stereocenters. The van der Waals surface area contributed by atoms with Crippen LogP contribution < -0.4 is 21.1 Å². The number of amides is 1. The van der Waals surface area contributed by atoms with Gasteiger partial charge in [-0.25, -0.2) is 14.6 Å². The summed E-state index contributed by atoms with van der Waals surface area (Å²) in [6.07, 6.45) is 4.76. The number of nitrogen functional groups attached to an aromatic ring is 1. The van der Waals surface area contributed by atoms with Crippen LogP contribution in [0.5, 0.6) is 11.5 Å². The first-order valence-electron chi connectivity index (χ1n) is 15.0. The quantitative estimate of drug-likeness (QED) is 0.205. The van der Waals surface area contributed by atoms with Gasteiger partial charge in [-0.1, -0.05) is 44.1 Å². The van der Waals surface area contributed by atoms with E-state index in [1.807, 2.05) is 86.1 Å². The lowest BCUT2D eigenvalue weighted by molar-refractivity contribution is -0.124. The van der Waals surface area contributed by atoms with Crippen LogP contribution in [0, 0.1) is 0 Å². The topological polar surface area (TPSA) is 146 Å². The molecule has 0 spiro atoms. The zero-order valence-corrected chi connectivity index (χ0v) is 25.4. The highest BCUT2D eigenvalue weighted by Gasteiger charge is 2.31. The molecular formula is C33H38N8O3. The summed E-state index contributed by atoms with van der Waals surface area (Å²) in [7, 11) is 1.75. The summed E-state index contributed by atoms with van der Waals surface area (Å²) in [5.74, 6) is 2.52. The number of hydrogen-bond acceptors (Lipinski definition) is 9. The van der Waals surface area contributed by atoms with Crippen molar-refractivity contribution in [3.8, 4) is 22.8 Å². The summed E-state index contributed by atoms with van der Waals surface area (Å²) in [5.41, 5.74) is 9.10. The Labute approximate surface area is 256 Å². The van der Waals surface area contributed by atoms with E-state index in [0.29, 0.717) is 17.2 Å². The molecule has 0 aliphatic heterocycles. The SMILES string of the molecule is CN[C@@H](C(=O)NC1CCC(n2nc(-c3ccc(Oc4ccccc4)cc3)c3c(N)ncnc32)CC1)c1cc(C(C)(C)C)on1. The molecule has 5 aromatic rings. The highest BCUT2D eigenvalue weighted by Crippen LogP contribution is 2.37. The lowest BCUT2D eigenvalue weighted by atomic mass is 9.90. The molecule has 228 valence electrons. The summed E-state index contributed by atoms with van der Waals surface area (Å²) in [4.78, 5) is 22.1. The molecule has 1 fully saturated rings. The zero-order chi connectivity index (χ0) is 30.8. The molecule has 1 amide bonds. The van der Waals surface area contributed by atoms with Gasteiger partial charge < -0.3 is 25.6 Å². The third-order valence-electron chi connectivity index (χ3n) is 8.13. The van der Waals surface area contributed by atoms with Gasteiger partial charge >= 0.3 is 0 Å². The van der Waals surface area contributed by atoms with Crippen molar-refractivity contribution >= 4 is 22.8 Å². The number of carbonyl (C=O) groups is 1. The maximum atomic E-state index is 13.2. The first kappa shape index (κ1) is 29.3. The molecule has 3 heterocycles. The minimum absolute atomic E-state index is 0.0433. The monoisotopic (exact) mass is 594 g/mol. The minimum atomic E-state index is -0.589. The molecule has 11 heteroatoms. The fraction of sp³-hybridized carbons (Fsp3) is 0.364. The zero-order valence-electron chi connectivity index (χ0n) is 25.4. The number of nitrogens with two attached hydrogens (primary N) is 1. The Morgan fingerprint density at radius 3 is 2.39 bits per heavy atom. The Morgan fingerprint density at radius 1 is 1.02 bits per heavy atom. The number of rotatable bonds is 8. The van der Waals surface area contributed by atoms with Crippen molar-refractivity contribution < 1.29 is 14.1 Å². The molecule has 2 aromatic carbocycles. The van der Waals surface area contributed by atoms with E-state index in [0.717, 1.165) is 59.6 Å². The average molecular weight is 595 g/mol. The number of para-hydroxylation sites is 1. The molecular weight excluding hydrogens is 556 g/mol. The molecule has 3 aromatic heterocycles. The van der Waals surface area contributed by atoms with E-state index in [2.05, 4.69) is 25.8 Å². The molecule has 4 N–H and O–H groups in total. The van der Waals surface area contributed by atoms with Gasteiger partial charge in [0, 0.05) is 23.1 Å². The number of likely N-dealkylation sites (N-methyl/N-ethyl adjacent to an activating group) is 1. The summed E-state index contributed by atoms with van der Waals surface area (Å²) in [6.45, 7) is 6.15. The molecule has 6 rings (SSSR count). The van der Waals surface area contributed by atoms with E-state index >= 15 is 0 Å². The molecule has 44 heavy (non-hydrogen) atoms. The normalized spacial score (nSPS) is 17.8. The molecule has 0 radical (unpaired) electrons. The number of benzene rings is 2. The molecule has 11 nitrogen and oxygen atoms in total. The van der Waals surface area contributed by atoms with Gasteiger partial charge in [-0.3, -0.25) is 4.79 Å². The molecule has 0 saturated heterocycles. The Kier molecular flexibility index (Phi) is 8.05. The number of aromatic nitrogens is 5. The molecule has 0 bridgehead atoms. The van der Waals surface area contributed by atoms with Gasteiger partial charge in [0.05, 0.1) is 11.4 Å². The molecule has 1 aliphatic rings. The lowest BCUT2D eigenvalue weighted by Crippen LogP contribution is -2.43. The maximum absolute atomic E-state index is 13.2. The predicted molar refractivity (Wildman–Crippen MR) is 168 cm³/mol. The Balaban J connectivity index is 1.16. The molecule has 1 aliphatic carbocycles. The smallest absolute Gasteiger partial charge is 0.243 e. The van der Waals surface area contributed by atoms with Crippen LogP contribution in [0.3, 0.4) is 0 Å². The summed E-state index contributed by atoms with van der Waals surface area (Å²) in [5, 5.41) is 16.2. The van der Waals surface area contributed by atoms with Gasteiger partial charge in [0.15, 0.2) is 5.65 Å². The number of hydrogen-bond donors (Lipinski definition) is 3. The summed E-state index contributed by atoms with van der Waals surface area (Å²) in [6, 6.07) is 18.9. The van der Waals surface area contributed by atoms with Crippen molar-refractivity contribution in [2.45, 2.75) is 70.0 Å². The summed E-state index contributed by atoms with van der Waals surface area (Å²) < 4.78 is 13.5. The van der Waals surface area contributed by atoms with Crippen LogP contribution in [-0.4, -0.2) is 43.9 Å². The highest BCUT2D eigenvalue weighted by molar-refractivity contribution is 5.98. The predicted octanol–water partition coefficient (Wildman–Crippen LogP) is 5.71. The largest absolute Gasteiger partial charge is 0.457 e. The standard InChI is InChI=1S/C33H38N8O3/c1-33(2,3)26-18-25(40-44-26)29(35-4)32(42)38-21-12-14-22(15-13-21)41-31-27(30(34)36-19-37-31)28(39-41)20-10-16-24(17-11-20)43-23-8-6-5-7-9-23/h5-11,16-19,21-22,29,35H,12-15H2,1-4H3,(H,38,42)(H2,34,36,37)/t21?,22?,29-/m1/s1. The molecule has 1 atom stereocenters. The average Bonchev–Trinajstić information content (AvgIpc) is 3.66. The van der Waals surface area contributed by atoms with Crippen molar-refractivity contribution in [1.29, 1.82) is 0 Å². The van der Waals surface area contributed by atoms with Gasteiger partial charge in [-0.05, 0) is 69.1 Å². The highest BCUT2D eigenvalue weighted by atomic mass is 16.5. The number of nitrogens with one attached hydrogen (secondary N) is 2. The fourth-order valence-electron chi connectivity index (χ4n) is 5.70. The van der Waals surface area contributed by atoms with E-state index in [-0.39, 0.29) is 23.4 Å². The Hall–Kier alpha value is -4.77. The van der Waals surface area contributed by atoms with Crippen LogP contribution in [0.4, 0.5) is 5.82 Å². The third-order valence-corrected chi connectivity index (χ3v) is 8.13. The van der Waals surface area contributed by atoms with Crippen LogP contribution in [0.15, 0.2) is 71.5 Å². The Morgan fingerprint density at radius 2 is 1.73 bits per heavy atom. The summed E-state index contributed by atoms with van der Waals surface area (Å²) >= 11 is 0. The van der Waals surface area contributed by atoms with E-state index in [4.69, 9.17) is 20.1 Å². The Bertz CT molecular complexity index is 1730. The van der Waals surface area contributed by atoms with E-state index < -0.39 is 6.04 Å². The molecule has 1 saturated carbocycles. The number of nitrogens with zero attached hydrogens (tertiary/aromatic N) is 5. The van der Waals surface area contributed by atoms with Gasteiger partial charge in [-0.15, -0.1) is 0 Å². The number of ether oxygens (including phenoxy) is 1. The number of anilines is 1. The van der Waals surface area contributed by atoms with Crippen LogP contribution in [0.2, 0.25) is 0 Å². The van der Waals surface area contributed by atoms with Crippen LogP contribution in [0.25, 0.3) is 22.3 Å². The van der Waals surface area contributed by atoms with E-state index in [9.17, 15) is 4.79 Å². The second-order valence-electron chi connectivity index (χ2n) is 12.3. The van der Waals surface area contributed by atoms with Crippen LogP contribution in [0.1, 0.15) is 70.0 Å². The third kappa shape index (κ3) is 6.00. The maximum Gasteiger partial charge on any atom is 0.243 e. The van der Waals surface area contributed by atoms with Crippen molar-refractivity contribution in [3.05, 3.63) is 78.4 Å². The number of carbonyl (C=O) groups excluding carboxylic acids is 1. The van der Waals surface area contributed by atoms with Crippen molar-refractivity contribution in [3.63, 3.8) is 0 Å².